The van der Waals surface area contributed by atoms with Crippen LogP contribution >= 0.6 is 0 Å². The number of alkyl halides is 3. The molecule has 0 spiro atoms. The molecule has 1 N–H and O–H groups in total. The molecule has 1 aromatic heterocycles. The number of amides is 1. The zero-order chi connectivity index (χ0) is 27.4. The molecule has 38 heavy (non-hydrogen) atoms. The molecule has 0 saturated carbocycles. The van der Waals surface area contributed by atoms with Crippen molar-refractivity contribution in [3.05, 3.63) is 117 Å². The van der Waals surface area contributed by atoms with E-state index in [4.69, 9.17) is 4.74 Å². The first kappa shape index (κ1) is 26.4. The molecular formula is C27H23F3N4O4. The Morgan fingerprint density at radius 2 is 1.71 bits per heavy atom. The molecule has 1 amide bonds. The van der Waals surface area contributed by atoms with E-state index in [1.54, 1.807) is 54.9 Å². The number of nitro groups is 1. The number of nitrogens with one attached hydrogen (secondary N) is 1. The number of hydrogen-bond acceptors (Lipinski definition) is 5. The predicted octanol–water partition coefficient (Wildman–Crippen LogP) is 6.31. The van der Waals surface area contributed by atoms with Crippen LogP contribution in [0.5, 0.6) is 5.75 Å². The van der Waals surface area contributed by atoms with Crippen molar-refractivity contribution >= 4 is 17.3 Å². The van der Waals surface area contributed by atoms with Crippen molar-refractivity contribution in [2.75, 3.05) is 5.32 Å². The number of halogens is 3. The van der Waals surface area contributed by atoms with E-state index in [9.17, 15) is 28.1 Å². The van der Waals surface area contributed by atoms with E-state index in [1.165, 1.54) is 24.3 Å². The second kappa shape index (κ2) is 10.8. The number of hydrogen-bond donors (Lipinski definition) is 1. The van der Waals surface area contributed by atoms with Crippen LogP contribution in [-0.4, -0.2) is 20.6 Å². The minimum atomic E-state index is -4.41. The van der Waals surface area contributed by atoms with Crippen LogP contribution in [0, 0.1) is 24.0 Å². The highest BCUT2D eigenvalue weighted by atomic mass is 19.4. The number of ether oxygens (including phenoxy) is 1. The van der Waals surface area contributed by atoms with Crippen molar-refractivity contribution in [2.24, 2.45) is 0 Å². The quantitative estimate of drug-likeness (QED) is 0.215. The van der Waals surface area contributed by atoms with Gasteiger partial charge in [-0.3, -0.25) is 19.6 Å². The summed E-state index contributed by atoms with van der Waals surface area (Å²) in [5.41, 5.74) is 2.93. The van der Waals surface area contributed by atoms with Crippen LogP contribution < -0.4 is 10.1 Å². The summed E-state index contributed by atoms with van der Waals surface area (Å²) in [4.78, 5) is 23.5. The summed E-state index contributed by atoms with van der Waals surface area (Å²) >= 11 is 0. The number of rotatable bonds is 8. The van der Waals surface area contributed by atoms with Crippen molar-refractivity contribution in [1.82, 2.24) is 9.78 Å². The maximum atomic E-state index is 12.9. The van der Waals surface area contributed by atoms with Gasteiger partial charge in [-0.15, -0.1) is 0 Å². The van der Waals surface area contributed by atoms with Crippen LogP contribution in [0.25, 0.3) is 0 Å². The maximum absolute atomic E-state index is 12.9. The van der Waals surface area contributed by atoms with Gasteiger partial charge in [0.25, 0.3) is 11.6 Å². The fourth-order valence-corrected chi connectivity index (χ4v) is 3.82. The summed E-state index contributed by atoms with van der Waals surface area (Å²) in [5, 5.41) is 18.4. The normalized spacial score (nSPS) is 11.3. The van der Waals surface area contributed by atoms with Gasteiger partial charge in [0.2, 0.25) is 0 Å². The number of carbonyl (C=O) groups excluding carboxylic acids is 1. The Hall–Kier alpha value is -4.67. The van der Waals surface area contributed by atoms with Gasteiger partial charge in [0.1, 0.15) is 12.4 Å². The molecule has 0 atom stereocenters. The van der Waals surface area contributed by atoms with E-state index in [-0.39, 0.29) is 18.2 Å². The number of aryl methyl sites for hydroxylation is 1. The van der Waals surface area contributed by atoms with E-state index < -0.39 is 16.7 Å². The molecule has 0 bridgehead atoms. The van der Waals surface area contributed by atoms with Gasteiger partial charge in [0.05, 0.1) is 34.1 Å². The van der Waals surface area contributed by atoms with Gasteiger partial charge in [-0.25, -0.2) is 0 Å². The molecule has 196 valence electrons. The Bertz CT molecular complexity index is 1460. The van der Waals surface area contributed by atoms with E-state index >= 15 is 0 Å². The Labute approximate surface area is 215 Å². The average molecular weight is 524 g/mol. The van der Waals surface area contributed by atoms with Gasteiger partial charge in [0.15, 0.2) is 0 Å². The first-order valence-corrected chi connectivity index (χ1v) is 11.5. The number of non-ortho nitro benzene ring substituents is 1. The van der Waals surface area contributed by atoms with Crippen molar-refractivity contribution < 1.29 is 27.6 Å². The molecule has 8 nitrogen and oxygen atoms in total. The summed E-state index contributed by atoms with van der Waals surface area (Å²) in [5.74, 6) is -0.0470. The lowest BCUT2D eigenvalue weighted by Crippen LogP contribution is -2.13. The molecule has 0 aliphatic carbocycles. The zero-order valence-electron chi connectivity index (χ0n) is 20.5. The second-order valence-electron chi connectivity index (χ2n) is 8.59. The van der Waals surface area contributed by atoms with Crippen molar-refractivity contribution in [1.29, 1.82) is 0 Å². The summed E-state index contributed by atoms with van der Waals surface area (Å²) < 4.78 is 45.3. The van der Waals surface area contributed by atoms with Crippen LogP contribution in [0.4, 0.5) is 24.5 Å². The Balaban J connectivity index is 1.38. The first-order valence-electron chi connectivity index (χ1n) is 11.5. The monoisotopic (exact) mass is 524 g/mol. The minimum Gasteiger partial charge on any atom is -0.489 e. The lowest BCUT2D eigenvalue weighted by Gasteiger charge is -2.10. The van der Waals surface area contributed by atoms with E-state index in [0.29, 0.717) is 40.5 Å². The molecule has 0 radical (unpaired) electrons. The van der Waals surface area contributed by atoms with E-state index in [1.807, 2.05) is 0 Å². The average Bonchev–Trinajstić information content (AvgIpc) is 3.14. The molecule has 1 heterocycles. The standard InChI is InChI=1S/C27H23F3N4O4/c1-17-25(18(2)33(32-17)15-20-4-3-5-23(14-20)34(36)37)31-26(35)21-8-6-19(7-9-21)16-38-24-12-10-22(11-13-24)27(28,29)30/h3-14H,15-16H2,1-2H3,(H,31,35). The van der Waals surface area contributed by atoms with Gasteiger partial charge >= 0.3 is 6.18 Å². The number of benzene rings is 3. The van der Waals surface area contributed by atoms with Crippen molar-refractivity contribution in [3.8, 4) is 5.75 Å². The fraction of sp³-hybridized carbons (Fsp3) is 0.185. The van der Waals surface area contributed by atoms with Crippen molar-refractivity contribution in [2.45, 2.75) is 33.2 Å². The minimum absolute atomic E-state index is 0.00855. The highest BCUT2D eigenvalue weighted by Crippen LogP contribution is 2.30. The largest absolute Gasteiger partial charge is 0.489 e. The highest BCUT2D eigenvalue weighted by molar-refractivity contribution is 6.04. The third-order valence-electron chi connectivity index (χ3n) is 5.88. The van der Waals surface area contributed by atoms with Gasteiger partial charge in [-0.2, -0.15) is 18.3 Å². The summed E-state index contributed by atoms with van der Waals surface area (Å²) in [6.07, 6.45) is -4.41. The Kier molecular flexibility index (Phi) is 7.47. The lowest BCUT2D eigenvalue weighted by atomic mass is 10.1. The first-order chi connectivity index (χ1) is 18.0. The third kappa shape index (κ3) is 6.17. The SMILES string of the molecule is Cc1nn(Cc2cccc([N+](=O)[O-])c2)c(C)c1NC(=O)c1ccc(COc2ccc(C(F)(F)F)cc2)cc1. The number of nitrogens with zero attached hydrogens (tertiary/aromatic N) is 3. The lowest BCUT2D eigenvalue weighted by molar-refractivity contribution is -0.384. The molecule has 0 saturated heterocycles. The topological polar surface area (TPSA) is 99.3 Å². The van der Waals surface area contributed by atoms with E-state index in [0.717, 1.165) is 17.7 Å². The summed E-state index contributed by atoms with van der Waals surface area (Å²) in [6.45, 7) is 3.98. The number of carbonyl (C=O) groups is 1. The molecule has 0 aliphatic heterocycles. The van der Waals surface area contributed by atoms with Crippen molar-refractivity contribution in [3.63, 3.8) is 0 Å². The summed E-state index contributed by atoms with van der Waals surface area (Å²) in [6, 6.07) is 17.4. The third-order valence-corrected chi connectivity index (χ3v) is 5.88. The molecular weight excluding hydrogens is 501 g/mol. The summed E-state index contributed by atoms with van der Waals surface area (Å²) in [7, 11) is 0. The van der Waals surface area contributed by atoms with Crippen LogP contribution in [0.15, 0.2) is 72.8 Å². The Morgan fingerprint density at radius 1 is 1.03 bits per heavy atom. The molecule has 3 aromatic carbocycles. The predicted molar refractivity (Wildman–Crippen MR) is 134 cm³/mol. The number of aromatic nitrogens is 2. The molecule has 4 rings (SSSR count). The Morgan fingerprint density at radius 3 is 2.34 bits per heavy atom. The molecule has 11 heteroatoms. The van der Waals surface area contributed by atoms with Crippen LogP contribution in [0.1, 0.15) is 38.4 Å². The molecule has 0 fully saturated rings. The van der Waals surface area contributed by atoms with Gasteiger partial charge < -0.3 is 10.1 Å². The number of nitro benzene ring substituents is 1. The van der Waals surface area contributed by atoms with Crippen LogP contribution in [0.3, 0.4) is 0 Å². The van der Waals surface area contributed by atoms with Gasteiger partial charge in [-0.1, -0.05) is 24.3 Å². The van der Waals surface area contributed by atoms with Gasteiger partial charge in [0, 0.05) is 17.7 Å². The molecule has 4 aromatic rings. The molecule has 0 unspecified atom stereocenters. The highest BCUT2D eigenvalue weighted by Gasteiger charge is 2.30. The van der Waals surface area contributed by atoms with Crippen LogP contribution in [0.2, 0.25) is 0 Å². The van der Waals surface area contributed by atoms with Crippen LogP contribution in [-0.2, 0) is 19.3 Å². The van der Waals surface area contributed by atoms with E-state index in [2.05, 4.69) is 10.4 Å². The van der Waals surface area contributed by atoms with Gasteiger partial charge in [-0.05, 0) is 61.4 Å². The molecule has 0 aliphatic rings. The zero-order valence-corrected chi connectivity index (χ0v) is 20.5. The maximum Gasteiger partial charge on any atom is 0.416 e. The second-order valence-corrected chi connectivity index (χ2v) is 8.59. The number of anilines is 1. The smallest absolute Gasteiger partial charge is 0.416 e. The fourth-order valence-electron chi connectivity index (χ4n) is 3.82.